The number of nitrogens with one attached hydrogen (secondary N) is 4. The summed E-state index contributed by atoms with van der Waals surface area (Å²) in [5.74, 6) is 0. The summed E-state index contributed by atoms with van der Waals surface area (Å²) in [5, 5.41) is 21.0. The van der Waals surface area contributed by atoms with E-state index >= 15 is 0 Å². The number of nitriles is 1. The third-order valence-electron chi connectivity index (χ3n) is 7.99. The van der Waals surface area contributed by atoms with Gasteiger partial charge in [-0.3, -0.25) is 9.99 Å². The maximum atomic E-state index is 9.95. The molecule has 8 nitrogen and oxygen atoms in total. The fraction of sp³-hybridized carbons (Fsp3) is 0.290. The lowest BCUT2D eigenvalue weighted by molar-refractivity contribution is 0.112. The van der Waals surface area contributed by atoms with Crippen LogP contribution in [0.3, 0.4) is 0 Å². The number of halogens is 3. The third kappa shape index (κ3) is 6.36. The fourth-order valence-electron chi connectivity index (χ4n) is 5.53. The van der Waals surface area contributed by atoms with Gasteiger partial charge in [0.1, 0.15) is 12.1 Å². The quantitative estimate of drug-likeness (QED) is 0.152. The predicted molar refractivity (Wildman–Crippen MR) is 178 cm³/mol. The van der Waals surface area contributed by atoms with Gasteiger partial charge in [0, 0.05) is 58.2 Å². The number of thiophene rings is 1. The van der Waals surface area contributed by atoms with Gasteiger partial charge in [-0.05, 0) is 68.3 Å². The molecular weight excluding hydrogens is 623 g/mol. The van der Waals surface area contributed by atoms with E-state index in [0.29, 0.717) is 42.6 Å². The number of likely N-dealkylation sites (tertiary alicyclic amines) is 1. The number of hydrogen-bond donors (Lipinski definition) is 4. The summed E-state index contributed by atoms with van der Waals surface area (Å²) < 4.78 is 0.708. The zero-order chi connectivity index (χ0) is 30.1. The van der Waals surface area contributed by atoms with Gasteiger partial charge >= 0.3 is 0 Å². The van der Waals surface area contributed by atoms with Gasteiger partial charge in [0.25, 0.3) is 0 Å². The maximum Gasteiger partial charge on any atom is 0.104 e. The number of fused-ring (bicyclic) bond motifs is 1. The molecule has 1 saturated heterocycles. The Bertz CT molecular complexity index is 1720. The molecule has 0 saturated carbocycles. The van der Waals surface area contributed by atoms with Crippen molar-refractivity contribution in [3.8, 4) is 6.07 Å². The summed E-state index contributed by atoms with van der Waals surface area (Å²) in [7, 11) is 0. The third-order valence-corrected chi connectivity index (χ3v) is 9.98. The van der Waals surface area contributed by atoms with Crippen molar-refractivity contribution in [2.24, 2.45) is 0 Å². The Morgan fingerprint density at radius 3 is 2.58 bits per heavy atom. The van der Waals surface area contributed by atoms with Crippen molar-refractivity contribution >= 4 is 74.1 Å². The number of aryl methyl sites for hydroxylation is 1. The lowest BCUT2D eigenvalue weighted by Crippen LogP contribution is -2.48. The van der Waals surface area contributed by atoms with E-state index in [1.165, 1.54) is 17.5 Å². The zero-order valence-corrected chi connectivity index (χ0v) is 26.8. The second kappa shape index (κ2) is 12.8. The van der Waals surface area contributed by atoms with Crippen molar-refractivity contribution in [3.05, 3.63) is 90.9 Å². The van der Waals surface area contributed by atoms with E-state index in [2.05, 4.69) is 55.7 Å². The first-order valence-corrected chi connectivity index (χ1v) is 16.1. The highest BCUT2D eigenvalue weighted by Crippen LogP contribution is 2.39. The first-order valence-electron chi connectivity index (χ1n) is 14.1. The number of hydrogen-bond acceptors (Lipinski definition) is 9. The van der Waals surface area contributed by atoms with Gasteiger partial charge in [0.2, 0.25) is 0 Å². The molecule has 12 heteroatoms. The van der Waals surface area contributed by atoms with E-state index in [0.717, 1.165) is 60.0 Å². The van der Waals surface area contributed by atoms with E-state index in [1.807, 2.05) is 49.4 Å². The molecule has 0 radical (unpaired) electrons. The number of anilines is 3. The average molecular weight is 654 g/mol. The minimum absolute atomic E-state index is 0.237. The molecule has 4 aromatic rings. The van der Waals surface area contributed by atoms with Crippen molar-refractivity contribution in [1.29, 1.82) is 5.26 Å². The lowest BCUT2D eigenvalue weighted by Gasteiger charge is -2.35. The number of aromatic nitrogens is 1. The SMILES string of the molecule is CCN1CCC(N2C=C([C@@H](Nc3cc(Cl)c4ncc(C#N)c(Nc5ccc(C)c(Cl)c5)c4c3)c3ccc(Cl)s3)NN2)CC1. The Labute approximate surface area is 270 Å². The molecule has 0 spiro atoms. The Balaban J connectivity index is 1.35. The Morgan fingerprint density at radius 2 is 1.88 bits per heavy atom. The molecule has 1 atom stereocenters. The van der Waals surface area contributed by atoms with Crippen LogP contribution in [-0.4, -0.2) is 40.6 Å². The number of hydrazine groups is 2. The van der Waals surface area contributed by atoms with E-state index in [-0.39, 0.29) is 6.04 Å². The Morgan fingerprint density at radius 1 is 1.09 bits per heavy atom. The molecule has 2 aromatic carbocycles. The van der Waals surface area contributed by atoms with E-state index < -0.39 is 0 Å². The molecule has 0 unspecified atom stereocenters. The van der Waals surface area contributed by atoms with Gasteiger partial charge in [0.15, 0.2) is 0 Å². The monoisotopic (exact) mass is 652 g/mol. The largest absolute Gasteiger partial charge is 0.372 e. The predicted octanol–water partition coefficient (Wildman–Crippen LogP) is 7.98. The van der Waals surface area contributed by atoms with Crippen LogP contribution in [0.25, 0.3) is 10.9 Å². The molecule has 2 aliphatic heterocycles. The first kappa shape index (κ1) is 29.8. The molecule has 0 amide bonds. The number of benzene rings is 2. The number of piperidine rings is 1. The highest BCUT2D eigenvalue weighted by atomic mass is 35.5. The van der Waals surface area contributed by atoms with Crippen LogP contribution in [-0.2, 0) is 0 Å². The second-order valence-electron chi connectivity index (χ2n) is 10.7. The molecule has 6 rings (SSSR count). The normalized spacial score (nSPS) is 16.6. The van der Waals surface area contributed by atoms with Crippen molar-refractivity contribution in [3.63, 3.8) is 0 Å². The minimum atomic E-state index is -0.237. The van der Waals surface area contributed by atoms with Gasteiger partial charge < -0.3 is 21.0 Å². The van der Waals surface area contributed by atoms with Gasteiger partial charge in [0.05, 0.1) is 31.8 Å². The summed E-state index contributed by atoms with van der Waals surface area (Å²) in [5.41, 5.74) is 11.8. The molecule has 2 aliphatic rings. The molecule has 2 aromatic heterocycles. The summed E-state index contributed by atoms with van der Waals surface area (Å²) in [6.45, 7) is 7.42. The summed E-state index contributed by atoms with van der Waals surface area (Å²) in [4.78, 5) is 8.03. The summed E-state index contributed by atoms with van der Waals surface area (Å²) in [6.07, 6.45) is 5.86. The van der Waals surface area contributed by atoms with Crippen LogP contribution in [0.4, 0.5) is 17.1 Å². The topological polar surface area (TPSA) is 91.3 Å². The number of pyridine rings is 1. The molecule has 43 heavy (non-hydrogen) atoms. The van der Waals surface area contributed by atoms with Crippen molar-refractivity contribution in [2.75, 3.05) is 30.3 Å². The lowest BCUT2D eigenvalue weighted by atomic mass is 10.0. The summed E-state index contributed by atoms with van der Waals surface area (Å²) >= 11 is 21.1. The zero-order valence-electron chi connectivity index (χ0n) is 23.7. The van der Waals surface area contributed by atoms with E-state index in [1.54, 1.807) is 0 Å². The van der Waals surface area contributed by atoms with Crippen LogP contribution < -0.4 is 21.6 Å². The van der Waals surface area contributed by atoms with Crippen LogP contribution in [0.1, 0.15) is 41.8 Å². The minimum Gasteiger partial charge on any atom is -0.372 e. The van der Waals surface area contributed by atoms with Crippen molar-refractivity contribution in [1.82, 2.24) is 25.9 Å². The van der Waals surface area contributed by atoms with Crippen LogP contribution in [0.5, 0.6) is 0 Å². The van der Waals surface area contributed by atoms with E-state index in [4.69, 9.17) is 34.8 Å². The molecular formula is C31H31Cl3N8S. The van der Waals surface area contributed by atoms with Crippen molar-refractivity contribution in [2.45, 2.75) is 38.8 Å². The van der Waals surface area contributed by atoms with Crippen LogP contribution in [0.15, 0.2) is 60.6 Å². The highest BCUT2D eigenvalue weighted by molar-refractivity contribution is 7.16. The molecule has 0 bridgehead atoms. The van der Waals surface area contributed by atoms with Gasteiger partial charge in [-0.1, -0.05) is 47.8 Å². The van der Waals surface area contributed by atoms with Crippen LogP contribution in [0.2, 0.25) is 14.4 Å². The first-order chi connectivity index (χ1) is 20.8. The Hall–Kier alpha value is -3.23. The Kier molecular flexibility index (Phi) is 8.87. The van der Waals surface area contributed by atoms with Gasteiger partial charge in [-0.15, -0.1) is 16.9 Å². The molecule has 222 valence electrons. The van der Waals surface area contributed by atoms with Crippen molar-refractivity contribution < 1.29 is 0 Å². The summed E-state index contributed by atoms with van der Waals surface area (Å²) in [6, 6.07) is 15.9. The van der Waals surface area contributed by atoms with Crippen LogP contribution >= 0.6 is 46.1 Å². The highest BCUT2D eigenvalue weighted by Gasteiger charge is 2.29. The molecule has 4 heterocycles. The van der Waals surface area contributed by atoms with Gasteiger partial charge in [-0.2, -0.15) is 5.26 Å². The molecule has 0 aliphatic carbocycles. The maximum absolute atomic E-state index is 9.95. The number of rotatable bonds is 8. The van der Waals surface area contributed by atoms with E-state index in [9.17, 15) is 5.26 Å². The smallest absolute Gasteiger partial charge is 0.104 e. The fourth-order valence-corrected chi connectivity index (χ4v) is 7.11. The standard InChI is InChI=1S/C31H31Cl3N8S/c1-3-41-10-8-22(9-11-41)42-17-26(39-40-42)31(27-6-7-28(34)43-27)38-21-12-23-29(37-20-5-4-18(2)24(32)13-20)19(15-35)16-36-30(23)25(33)14-21/h4-7,12-14,16-17,22,31,38-40H,3,8-11H2,1-2H3,(H,36,37)/t31-/m1/s1. The number of nitrogens with zero attached hydrogens (tertiary/aromatic N) is 4. The van der Waals surface area contributed by atoms with Gasteiger partial charge in [-0.25, -0.2) is 0 Å². The molecule has 4 N–H and O–H groups in total. The second-order valence-corrected chi connectivity index (χ2v) is 13.3. The average Bonchev–Trinajstić information content (AvgIpc) is 3.68. The van der Waals surface area contributed by atoms with Crippen LogP contribution in [0, 0.1) is 18.3 Å². The molecule has 1 fully saturated rings.